The molecule has 20 heavy (non-hydrogen) atoms. The molecule has 0 unspecified atom stereocenters. The van der Waals surface area contributed by atoms with Gasteiger partial charge in [0.05, 0.1) is 0 Å². The van der Waals surface area contributed by atoms with Crippen LogP contribution in [-0.2, 0) is 6.54 Å². The highest BCUT2D eigenvalue weighted by Crippen LogP contribution is 2.36. The molecule has 0 spiro atoms. The smallest absolute Gasteiger partial charge is 0.0410 e. The molecule has 1 fully saturated rings. The molecule has 1 N–H and O–H groups in total. The van der Waals surface area contributed by atoms with E-state index in [1.54, 1.807) is 0 Å². The summed E-state index contributed by atoms with van der Waals surface area (Å²) in [5.41, 5.74) is 1.36. The molecule has 0 bridgehead atoms. The van der Waals surface area contributed by atoms with Gasteiger partial charge in [-0.15, -0.1) is 11.8 Å². The highest BCUT2D eigenvalue weighted by molar-refractivity contribution is 8.00. The zero-order valence-electron chi connectivity index (χ0n) is 12.6. The van der Waals surface area contributed by atoms with Gasteiger partial charge in [-0.2, -0.15) is 0 Å². The minimum Gasteiger partial charge on any atom is -0.312 e. The lowest BCUT2D eigenvalue weighted by atomic mass is 10.0. The van der Waals surface area contributed by atoms with Crippen LogP contribution in [0, 0.1) is 5.92 Å². The number of halogens is 1. The fourth-order valence-corrected chi connectivity index (χ4v) is 4.21. The molecule has 1 aliphatic rings. The van der Waals surface area contributed by atoms with E-state index in [9.17, 15) is 0 Å². The maximum atomic E-state index is 6.16. The molecule has 1 aromatic carbocycles. The molecule has 1 saturated carbocycles. The fourth-order valence-electron chi connectivity index (χ4n) is 2.66. The van der Waals surface area contributed by atoms with Crippen LogP contribution in [0.4, 0.5) is 0 Å². The SMILES string of the molecule is CC(C)CNCc1cc(Cl)ccc1SC1CCCCC1. The topological polar surface area (TPSA) is 12.0 Å². The quantitative estimate of drug-likeness (QED) is 0.743. The molecule has 0 radical (unpaired) electrons. The van der Waals surface area contributed by atoms with Crippen molar-refractivity contribution in [2.75, 3.05) is 6.54 Å². The third kappa shape index (κ3) is 5.31. The maximum absolute atomic E-state index is 6.16. The Labute approximate surface area is 132 Å². The summed E-state index contributed by atoms with van der Waals surface area (Å²) in [6, 6.07) is 6.35. The number of nitrogens with one attached hydrogen (secondary N) is 1. The summed E-state index contributed by atoms with van der Waals surface area (Å²) in [7, 11) is 0. The third-order valence-electron chi connectivity index (χ3n) is 3.74. The largest absolute Gasteiger partial charge is 0.312 e. The summed E-state index contributed by atoms with van der Waals surface area (Å²) in [5, 5.41) is 5.18. The van der Waals surface area contributed by atoms with Crippen LogP contribution in [0.25, 0.3) is 0 Å². The van der Waals surface area contributed by atoms with E-state index >= 15 is 0 Å². The van der Waals surface area contributed by atoms with Gasteiger partial charge < -0.3 is 5.32 Å². The minimum atomic E-state index is 0.684. The molecule has 1 aromatic rings. The number of rotatable bonds is 6. The third-order valence-corrected chi connectivity index (χ3v) is 5.43. The van der Waals surface area contributed by atoms with Crippen molar-refractivity contribution < 1.29 is 0 Å². The van der Waals surface area contributed by atoms with Gasteiger partial charge in [-0.25, -0.2) is 0 Å². The molecule has 0 amide bonds. The van der Waals surface area contributed by atoms with Crippen LogP contribution in [0.15, 0.2) is 23.1 Å². The predicted octanol–water partition coefficient (Wildman–Crippen LogP) is 5.51. The van der Waals surface area contributed by atoms with Gasteiger partial charge in [-0.3, -0.25) is 0 Å². The molecule has 3 heteroatoms. The molecule has 0 saturated heterocycles. The Kier molecular flexibility index (Phi) is 6.73. The molecule has 0 heterocycles. The Morgan fingerprint density at radius 1 is 1.25 bits per heavy atom. The lowest BCUT2D eigenvalue weighted by molar-refractivity contribution is 0.515. The van der Waals surface area contributed by atoms with E-state index in [2.05, 4.69) is 43.1 Å². The molecule has 112 valence electrons. The van der Waals surface area contributed by atoms with Gasteiger partial charge in [0.2, 0.25) is 0 Å². The van der Waals surface area contributed by atoms with Gasteiger partial charge in [0, 0.05) is 21.7 Å². The van der Waals surface area contributed by atoms with Gasteiger partial charge in [0.15, 0.2) is 0 Å². The van der Waals surface area contributed by atoms with E-state index in [0.717, 1.165) is 23.4 Å². The van der Waals surface area contributed by atoms with Crippen LogP contribution in [0.3, 0.4) is 0 Å². The van der Waals surface area contributed by atoms with Crippen LogP contribution in [0.1, 0.15) is 51.5 Å². The summed E-state index contributed by atoms with van der Waals surface area (Å²) in [6.07, 6.45) is 6.94. The van der Waals surface area contributed by atoms with Gasteiger partial charge in [-0.05, 0) is 49.1 Å². The maximum Gasteiger partial charge on any atom is 0.0410 e. The molecule has 1 aliphatic carbocycles. The van der Waals surface area contributed by atoms with E-state index in [1.807, 2.05) is 6.07 Å². The number of benzene rings is 1. The van der Waals surface area contributed by atoms with Gasteiger partial charge in [-0.1, -0.05) is 44.7 Å². The lowest BCUT2D eigenvalue weighted by Crippen LogP contribution is -2.19. The summed E-state index contributed by atoms with van der Waals surface area (Å²) in [5.74, 6) is 0.684. The Hall–Kier alpha value is -0.180. The van der Waals surface area contributed by atoms with Crippen molar-refractivity contribution in [3.8, 4) is 0 Å². The van der Waals surface area contributed by atoms with Crippen molar-refractivity contribution in [2.24, 2.45) is 5.92 Å². The first-order valence-corrected chi connectivity index (χ1v) is 9.06. The molecular formula is C17H26ClNS. The van der Waals surface area contributed by atoms with Crippen LogP contribution in [-0.4, -0.2) is 11.8 Å². The zero-order valence-corrected chi connectivity index (χ0v) is 14.2. The van der Waals surface area contributed by atoms with Crippen molar-refractivity contribution in [3.05, 3.63) is 28.8 Å². The van der Waals surface area contributed by atoms with E-state index in [4.69, 9.17) is 11.6 Å². The van der Waals surface area contributed by atoms with Crippen molar-refractivity contribution in [2.45, 2.75) is 62.6 Å². The van der Waals surface area contributed by atoms with Crippen molar-refractivity contribution in [1.29, 1.82) is 0 Å². The monoisotopic (exact) mass is 311 g/mol. The standard InChI is InChI=1S/C17H26ClNS/c1-13(2)11-19-12-14-10-15(18)8-9-17(14)20-16-6-4-3-5-7-16/h8-10,13,16,19H,3-7,11-12H2,1-2H3. The van der Waals surface area contributed by atoms with Gasteiger partial charge >= 0.3 is 0 Å². The lowest BCUT2D eigenvalue weighted by Gasteiger charge is -2.22. The first-order chi connectivity index (χ1) is 9.65. The fraction of sp³-hybridized carbons (Fsp3) is 0.647. The normalized spacial score (nSPS) is 16.8. The van der Waals surface area contributed by atoms with Crippen LogP contribution in [0.2, 0.25) is 5.02 Å². The summed E-state index contributed by atoms with van der Waals surface area (Å²) < 4.78 is 0. The number of hydrogen-bond acceptors (Lipinski definition) is 2. The second-order valence-corrected chi connectivity index (χ2v) is 7.93. The Bertz CT molecular complexity index is 413. The number of thioether (sulfide) groups is 1. The molecular weight excluding hydrogens is 286 g/mol. The summed E-state index contributed by atoms with van der Waals surface area (Å²) >= 11 is 8.22. The van der Waals surface area contributed by atoms with Gasteiger partial charge in [0.1, 0.15) is 0 Å². The van der Waals surface area contributed by atoms with Crippen molar-refractivity contribution in [3.63, 3.8) is 0 Å². The second-order valence-electron chi connectivity index (χ2n) is 6.15. The Morgan fingerprint density at radius 3 is 2.70 bits per heavy atom. The zero-order chi connectivity index (χ0) is 14.4. The highest BCUT2D eigenvalue weighted by Gasteiger charge is 2.16. The van der Waals surface area contributed by atoms with Crippen LogP contribution in [0.5, 0.6) is 0 Å². The van der Waals surface area contributed by atoms with E-state index in [0.29, 0.717) is 5.92 Å². The van der Waals surface area contributed by atoms with Crippen LogP contribution < -0.4 is 5.32 Å². The Balaban J connectivity index is 1.98. The predicted molar refractivity (Wildman–Crippen MR) is 90.7 cm³/mol. The average molecular weight is 312 g/mol. The summed E-state index contributed by atoms with van der Waals surface area (Å²) in [4.78, 5) is 1.41. The Morgan fingerprint density at radius 2 is 2.00 bits per heavy atom. The molecule has 0 atom stereocenters. The van der Waals surface area contributed by atoms with Crippen molar-refractivity contribution in [1.82, 2.24) is 5.32 Å². The summed E-state index contributed by atoms with van der Waals surface area (Å²) in [6.45, 7) is 6.46. The first kappa shape index (κ1) is 16.2. The first-order valence-electron chi connectivity index (χ1n) is 7.81. The molecule has 1 nitrogen and oxygen atoms in total. The average Bonchev–Trinajstić information content (AvgIpc) is 2.42. The molecule has 0 aromatic heterocycles. The van der Waals surface area contributed by atoms with E-state index in [1.165, 1.54) is 42.6 Å². The minimum absolute atomic E-state index is 0.684. The van der Waals surface area contributed by atoms with E-state index < -0.39 is 0 Å². The van der Waals surface area contributed by atoms with Crippen molar-refractivity contribution >= 4 is 23.4 Å². The van der Waals surface area contributed by atoms with E-state index in [-0.39, 0.29) is 0 Å². The van der Waals surface area contributed by atoms with Gasteiger partial charge in [0.25, 0.3) is 0 Å². The number of hydrogen-bond donors (Lipinski definition) is 1. The molecule has 0 aliphatic heterocycles. The molecule has 2 rings (SSSR count). The highest BCUT2D eigenvalue weighted by atomic mass is 35.5. The van der Waals surface area contributed by atoms with Crippen LogP contribution >= 0.6 is 23.4 Å². The second kappa shape index (κ2) is 8.31.